The number of nitrogens with one attached hydrogen (secondary N) is 1. The van der Waals surface area contributed by atoms with Crippen molar-refractivity contribution in [2.45, 2.75) is 520 Å². The van der Waals surface area contributed by atoms with Gasteiger partial charge in [0.1, 0.15) is 0 Å². The van der Waals surface area contributed by atoms with Gasteiger partial charge in [-0.3, -0.25) is 9.59 Å². The summed E-state index contributed by atoms with van der Waals surface area (Å²) in [6.45, 7) is 4.96. The number of carbonyl (C=O) groups excluding carboxylic acids is 2. The topological polar surface area (TPSA) is 95.9 Å². The molecule has 0 saturated carbocycles. The van der Waals surface area contributed by atoms with Gasteiger partial charge in [0.05, 0.1) is 25.4 Å². The second-order valence-corrected chi connectivity index (χ2v) is 30.6. The van der Waals surface area contributed by atoms with Gasteiger partial charge in [-0.2, -0.15) is 0 Å². The SMILES string of the molecule is CCCCCCCCC/C=C\CCCCCCCC(=O)OCCCCCCCCCCCCCCCCCCCCCCCCCCCCCCCCCCCCCCCCCC(=O)NC(CO)C(O)/C=C/CCCCCCCCCCCCCCCCCCCCCCC. The summed E-state index contributed by atoms with van der Waals surface area (Å²) in [6.07, 6.45) is 111. The van der Waals surface area contributed by atoms with Crippen LogP contribution >= 0.6 is 0 Å². The maximum absolute atomic E-state index is 12.6. The number of aliphatic hydroxyl groups excluding tert-OH is 2. The molecule has 3 N–H and O–H groups in total. The van der Waals surface area contributed by atoms with Gasteiger partial charge in [-0.05, 0) is 57.8 Å². The Hall–Kier alpha value is -1.66. The first-order valence-electron chi connectivity index (χ1n) is 44.1. The first-order valence-corrected chi connectivity index (χ1v) is 44.1. The number of amides is 1. The Kier molecular flexibility index (Phi) is 83.3. The van der Waals surface area contributed by atoms with E-state index in [2.05, 4.69) is 31.3 Å². The summed E-state index contributed by atoms with van der Waals surface area (Å²) >= 11 is 0. The number of carbonyl (C=O) groups is 2. The molecule has 0 spiro atoms. The molecule has 0 bridgehead atoms. The Bertz CT molecular complexity index is 1500. The van der Waals surface area contributed by atoms with Crippen molar-refractivity contribution in [3.05, 3.63) is 24.3 Å². The number of hydrogen-bond acceptors (Lipinski definition) is 5. The molecular weight excluding hydrogens is 1160 g/mol. The Morgan fingerprint density at radius 2 is 0.495 bits per heavy atom. The van der Waals surface area contributed by atoms with Crippen LogP contribution in [-0.2, 0) is 14.3 Å². The molecule has 0 saturated heterocycles. The molecule has 0 radical (unpaired) electrons. The minimum atomic E-state index is -0.841. The van der Waals surface area contributed by atoms with E-state index in [0.717, 1.165) is 44.9 Å². The van der Waals surface area contributed by atoms with Gasteiger partial charge in [-0.25, -0.2) is 0 Å². The lowest BCUT2D eigenvalue weighted by atomic mass is 10.0. The Balaban J connectivity index is 3.32. The molecular formula is C89H173NO5. The van der Waals surface area contributed by atoms with Gasteiger partial charge in [0.2, 0.25) is 5.91 Å². The third-order valence-corrected chi connectivity index (χ3v) is 21.0. The molecule has 0 aliphatic heterocycles. The summed E-state index contributed by atoms with van der Waals surface area (Å²) in [5.74, 6) is -0.0385. The number of esters is 1. The van der Waals surface area contributed by atoms with Crippen molar-refractivity contribution in [1.82, 2.24) is 5.32 Å². The van der Waals surface area contributed by atoms with Crippen LogP contribution in [0.25, 0.3) is 0 Å². The maximum atomic E-state index is 12.6. The Labute approximate surface area is 596 Å². The van der Waals surface area contributed by atoms with Crippen LogP contribution in [0, 0.1) is 0 Å². The van der Waals surface area contributed by atoms with Crippen LogP contribution in [0.2, 0.25) is 0 Å². The van der Waals surface area contributed by atoms with Gasteiger partial charge in [0.25, 0.3) is 0 Å². The van der Waals surface area contributed by atoms with E-state index >= 15 is 0 Å². The number of unbranched alkanes of at least 4 members (excludes halogenated alkanes) is 71. The van der Waals surface area contributed by atoms with Crippen LogP contribution < -0.4 is 5.32 Å². The standard InChI is InChI=1S/C89H173NO5/c1-3-5-7-9-11-13-15-17-19-21-22-23-41-44-47-50-53-57-61-65-69-73-77-81-87(92)86(85-91)90-88(93)82-78-74-70-66-62-58-54-51-48-45-42-39-37-35-33-31-29-27-25-24-26-28-30-32-34-36-38-40-43-46-49-52-56-60-64-68-72-76-80-84-95-89(94)83-79-75-71-67-63-59-55-20-18-16-14-12-10-8-6-4-2/h20,55,77,81,86-87,91-92H,3-19,21-54,56-76,78-80,82-85H2,1-2H3,(H,90,93)/b55-20-,81-77+. The molecule has 0 aromatic heterocycles. The molecule has 6 heteroatoms. The number of aliphatic hydroxyl groups is 2. The lowest BCUT2D eigenvalue weighted by Crippen LogP contribution is -2.45. The normalized spacial score (nSPS) is 12.5. The van der Waals surface area contributed by atoms with Gasteiger partial charge in [0.15, 0.2) is 0 Å². The molecule has 2 atom stereocenters. The molecule has 0 aliphatic carbocycles. The maximum Gasteiger partial charge on any atom is 0.305 e. The van der Waals surface area contributed by atoms with Crippen molar-refractivity contribution in [1.29, 1.82) is 0 Å². The second kappa shape index (κ2) is 84.8. The van der Waals surface area contributed by atoms with Gasteiger partial charge >= 0.3 is 5.97 Å². The molecule has 6 nitrogen and oxygen atoms in total. The predicted molar refractivity (Wildman–Crippen MR) is 421 cm³/mol. The molecule has 0 heterocycles. The molecule has 0 aromatic carbocycles. The predicted octanol–water partition coefficient (Wildman–Crippen LogP) is 29.6. The first-order chi connectivity index (χ1) is 47.0. The summed E-state index contributed by atoms with van der Waals surface area (Å²) in [5.41, 5.74) is 0. The monoisotopic (exact) mass is 1340 g/mol. The van der Waals surface area contributed by atoms with Crippen molar-refractivity contribution >= 4 is 11.9 Å². The van der Waals surface area contributed by atoms with Gasteiger partial charge < -0.3 is 20.3 Å². The first kappa shape index (κ1) is 93.3. The third-order valence-electron chi connectivity index (χ3n) is 21.0. The fraction of sp³-hybridized carbons (Fsp3) is 0.933. The zero-order valence-corrected chi connectivity index (χ0v) is 64.9. The third kappa shape index (κ3) is 81.2. The van der Waals surface area contributed by atoms with Gasteiger partial charge in [-0.15, -0.1) is 0 Å². The molecule has 0 aliphatic rings. The highest BCUT2D eigenvalue weighted by Gasteiger charge is 2.18. The fourth-order valence-corrected chi connectivity index (χ4v) is 14.3. The lowest BCUT2D eigenvalue weighted by Gasteiger charge is -2.20. The van der Waals surface area contributed by atoms with Crippen molar-refractivity contribution in [2.24, 2.45) is 0 Å². The van der Waals surface area contributed by atoms with Crippen LogP contribution in [0.15, 0.2) is 24.3 Å². The van der Waals surface area contributed by atoms with Crippen LogP contribution in [0.1, 0.15) is 508 Å². The van der Waals surface area contributed by atoms with E-state index in [1.807, 2.05) is 6.08 Å². The van der Waals surface area contributed by atoms with E-state index in [4.69, 9.17) is 4.74 Å². The van der Waals surface area contributed by atoms with Crippen molar-refractivity contribution in [2.75, 3.05) is 13.2 Å². The molecule has 0 rings (SSSR count). The molecule has 0 fully saturated rings. The largest absolute Gasteiger partial charge is 0.466 e. The van der Waals surface area contributed by atoms with E-state index in [0.29, 0.717) is 19.4 Å². The number of rotatable bonds is 84. The highest BCUT2D eigenvalue weighted by Crippen LogP contribution is 2.21. The van der Waals surface area contributed by atoms with Crippen LogP contribution in [-0.4, -0.2) is 47.4 Å². The molecule has 0 aromatic rings. The van der Waals surface area contributed by atoms with Crippen LogP contribution in [0.4, 0.5) is 0 Å². The van der Waals surface area contributed by atoms with E-state index in [1.54, 1.807) is 6.08 Å². The Morgan fingerprint density at radius 1 is 0.284 bits per heavy atom. The summed E-state index contributed by atoms with van der Waals surface area (Å²) in [6, 6.07) is -0.624. The van der Waals surface area contributed by atoms with Crippen molar-refractivity contribution in [3.8, 4) is 0 Å². The van der Waals surface area contributed by atoms with E-state index in [-0.39, 0.29) is 18.5 Å². The van der Waals surface area contributed by atoms with Crippen LogP contribution in [0.5, 0.6) is 0 Å². The quantitative estimate of drug-likeness (QED) is 0.0320. The zero-order valence-electron chi connectivity index (χ0n) is 64.9. The number of ether oxygens (including phenoxy) is 1. The average Bonchev–Trinajstić information content (AvgIpc) is 3.06. The summed E-state index contributed by atoms with van der Waals surface area (Å²) in [7, 11) is 0. The van der Waals surface area contributed by atoms with Gasteiger partial charge in [-0.1, -0.05) is 462 Å². The minimum absolute atomic E-state index is 0.0176. The Morgan fingerprint density at radius 3 is 0.747 bits per heavy atom. The van der Waals surface area contributed by atoms with E-state index in [9.17, 15) is 19.8 Å². The molecule has 95 heavy (non-hydrogen) atoms. The molecule has 1 amide bonds. The highest BCUT2D eigenvalue weighted by molar-refractivity contribution is 5.76. The summed E-state index contributed by atoms with van der Waals surface area (Å²) < 4.78 is 5.51. The minimum Gasteiger partial charge on any atom is -0.466 e. The molecule has 564 valence electrons. The zero-order chi connectivity index (χ0) is 68.4. The fourth-order valence-electron chi connectivity index (χ4n) is 14.3. The van der Waals surface area contributed by atoms with Crippen molar-refractivity contribution in [3.63, 3.8) is 0 Å². The lowest BCUT2D eigenvalue weighted by molar-refractivity contribution is -0.143. The van der Waals surface area contributed by atoms with Crippen molar-refractivity contribution < 1.29 is 24.5 Å². The van der Waals surface area contributed by atoms with Gasteiger partial charge in [0, 0.05) is 12.8 Å². The highest BCUT2D eigenvalue weighted by atomic mass is 16.5. The average molecular weight is 1340 g/mol. The molecule has 2 unspecified atom stereocenters. The number of hydrogen-bond donors (Lipinski definition) is 3. The second-order valence-electron chi connectivity index (χ2n) is 30.6. The summed E-state index contributed by atoms with van der Waals surface area (Å²) in [5, 5.41) is 23.3. The number of allylic oxidation sites excluding steroid dienone is 3. The smallest absolute Gasteiger partial charge is 0.305 e. The van der Waals surface area contributed by atoms with E-state index < -0.39 is 12.1 Å². The summed E-state index contributed by atoms with van der Waals surface area (Å²) in [4.78, 5) is 24.7. The van der Waals surface area contributed by atoms with Crippen LogP contribution in [0.3, 0.4) is 0 Å². The van der Waals surface area contributed by atoms with E-state index in [1.165, 1.54) is 437 Å².